The van der Waals surface area contributed by atoms with Crippen molar-refractivity contribution in [1.82, 2.24) is 0 Å². The smallest absolute Gasteiger partial charge is 0.287 e. The van der Waals surface area contributed by atoms with E-state index >= 15 is 0 Å². The molecule has 14 heavy (non-hydrogen) atoms. The minimum Gasteiger partial charge on any atom is -0.396 e. The van der Waals surface area contributed by atoms with E-state index < -0.39 is 5.97 Å². The molecule has 1 N–H and O–H groups in total. The van der Waals surface area contributed by atoms with Crippen LogP contribution in [-0.4, -0.2) is 37.5 Å². The van der Waals surface area contributed by atoms with Crippen LogP contribution < -0.4 is 0 Å². The maximum Gasteiger partial charge on any atom is 0.287 e. The van der Waals surface area contributed by atoms with Crippen molar-refractivity contribution in [2.75, 3.05) is 26.4 Å². The molecular weight excluding hydrogens is 184 g/mol. The molecule has 0 heterocycles. The van der Waals surface area contributed by atoms with E-state index in [9.17, 15) is 0 Å². The third kappa shape index (κ3) is 3.53. The molecule has 0 fully saturated rings. The fourth-order valence-electron chi connectivity index (χ4n) is 1.27. The van der Waals surface area contributed by atoms with Gasteiger partial charge in [0.15, 0.2) is 0 Å². The number of rotatable bonds is 8. The van der Waals surface area contributed by atoms with Crippen LogP contribution in [0.5, 0.6) is 0 Å². The van der Waals surface area contributed by atoms with Crippen molar-refractivity contribution < 1.29 is 19.3 Å². The Balaban J connectivity index is 4.53. The molecule has 0 aromatic heterocycles. The molecule has 0 saturated heterocycles. The second kappa shape index (κ2) is 7.17. The molecule has 0 rings (SSSR count). The van der Waals surface area contributed by atoms with Gasteiger partial charge in [-0.1, -0.05) is 6.92 Å². The monoisotopic (exact) mass is 206 g/mol. The zero-order chi connectivity index (χ0) is 11.0. The topological polar surface area (TPSA) is 47.9 Å². The summed E-state index contributed by atoms with van der Waals surface area (Å²) in [7, 11) is 0. The molecule has 0 amide bonds. The van der Waals surface area contributed by atoms with Crippen LogP contribution in [-0.2, 0) is 14.2 Å². The number of ether oxygens (including phenoxy) is 3. The van der Waals surface area contributed by atoms with Crippen LogP contribution in [0.2, 0.25) is 0 Å². The second-order valence-corrected chi connectivity index (χ2v) is 2.99. The molecule has 0 bridgehead atoms. The van der Waals surface area contributed by atoms with Crippen LogP contribution in [0.15, 0.2) is 0 Å². The summed E-state index contributed by atoms with van der Waals surface area (Å²) in [6, 6.07) is 0. The Morgan fingerprint density at radius 1 is 1.00 bits per heavy atom. The maximum absolute atomic E-state index is 9.11. The van der Waals surface area contributed by atoms with E-state index in [-0.39, 0.29) is 12.5 Å². The predicted molar refractivity (Wildman–Crippen MR) is 53.9 cm³/mol. The number of aliphatic hydroxyl groups is 1. The molecule has 4 heteroatoms. The summed E-state index contributed by atoms with van der Waals surface area (Å²) in [4.78, 5) is 0. The molecule has 0 spiro atoms. The summed E-state index contributed by atoms with van der Waals surface area (Å²) in [5.74, 6) is -1.30. The fourth-order valence-corrected chi connectivity index (χ4v) is 1.27. The van der Waals surface area contributed by atoms with Crippen LogP contribution in [0.1, 0.15) is 27.7 Å². The van der Waals surface area contributed by atoms with Crippen molar-refractivity contribution in [3.63, 3.8) is 0 Å². The van der Waals surface area contributed by atoms with Gasteiger partial charge in [-0.15, -0.1) is 0 Å². The number of hydrogen-bond donors (Lipinski definition) is 1. The highest BCUT2D eigenvalue weighted by atomic mass is 16.9. The Morgan fingerprint density at radius 2 is 1.36 bits per heavy atom. The first-order chi connectivity index (χ1) is 6.66. The van der Waals surface area contributed by atoms with E-state index in [1.165, 1.54) is 0 Å². The Morgan fingerprint density at radius 3 is 1.57 bits per heavy atom. The molecule has 1 atom stereocenters. The molecule has 0 aromatic carbocycles. The van der Waals surface area contributed by atoms with Crippen molar-refractivity contribution in [3.8, 4) is 0 Å². The summed E-state index contributed by atoms with van der Waals surface area (Å²) < 4.78 is 16.4. The van der Waals surface area contributed by atoms with Gasteiger partial charge in [-0.25, -0.2) is 0 Å². The number of hydrogen-bond acceptors (Lipinski definition) is 4. The Bertz CT molecular complexity index is 121. The van der Waals surface area contributed by atoms with Gasteiger partial charge in [0.25, 0.3) is 5.97 Å². The first kappa shape index (κ1) is 13.8. The van der Waals surface area contributed by atoms with Gasteiger partial charge in [0.1, 0.15) is 0 Å². The van der Waals surface area contributed by atoms with Gasteiger partial charge in [0, 0.05) is 19.8 Å². The summed E-state index contributed by atoms with van der Waals surface area (Å²) in [6.07, 6.45) is 0. The zero-order valence-corrected chi connectivity index (χ0v) is 9.58. The average Bonchev–Trinajstić information content (AvgIpc) is 2.17. The van der Waals surface area contributed by atoms with Crippen molar-refractivity contribution >= 4 is 0 Å². The van der Waals surface area contributed by atoms with Crippen molar-refractivity contribution in [1.29, 1.82) is 0 Å². The second-order valence-electron chi connectivity index (χ2n) is 2.99. The van der Waals surface area contributed by atoms with Crippen molar-refractivity contribution in [2.24, 2.45) is 5.92 Å². The summed E-state index contributed by atoms with van der Waals surface area (Å²) in [5.41, 5.74) is 0. The highest BCUT2D eigenvalue weighted by molar-refractivity contribution is 4.66. The molecule has 1 unspecified atom stereocenters. The lowest BCUT2D eigenvalue weighted by atomic mass is 10.1. The van der Waals surface area contributed by atoms with E-state index in [1.807, 2.05) is 27.7 Å². The fraction of sp³-hybridized carbons (Fsp3) is 1.00. The van der Waals surface area contributed by atoms with Crippen LogP contribution in [0.25, 0.3) is 0 Å². The molecular formula is C10H22O4. The van der Waals surface area contributed by atoms with Gasteiger partial charge in [-0.05, 0) is 20.8 Å². The van der Waals surface area contributed by atoms with Crippen LogP contribution in [0.4, 0.5) is 0 Å². The van der Waals surface area contributed by atoms with E-state index in [0.717, 1.165) is 0 Å². The van der Waals surface area contributed by atoms with Gasteiger partial charge in [-0.3, -0.25) is 0 Å². The van der Waals surface area contributed by atoms with Crippen LogP contribution in [0.3, 0.4) is 0 Å². The molecule has 0 saturated carbocycles. The first-order valence-electron chi connectivity index (χ1n) is 5.19. The molecule has 0 aliphatic heterocycles. The average molecular weight is 206 g/mol. The van der Waals surface area contributed by atoms with E-state index in [4.69, 9.17) is 19.3 Å². The highest BCUT2D eigenvalue weighted by Gasteiger charge is 2.38. The standard InChI is InChI=1S/C10H22O4/c1-5-12-10(13-6-2,14-7-3)9(4)8-11/h9,11H,5-8H2,1-4H3. The lowest BCUT2D eigenvalue weighted by Crippen LogP contribution is -2.47. The van der Waals surface area contributed by atoms with Crippen LogP contribution in [0, 0.1) is 5.92 Å². The predicted octanol–water partition coefficient (Wildman–Crippen LogP) is 1.38. The molecule has 0 aliphatic rings. The SMILES string of the molecule is CCOC(OCC)(OCC)C(C)CO. The zero-order valence-electron chi connectivity index (χ0n) is 9.58. The van der Waals surface area contributed by atoms with Gasteiger partial charge in [0.2, 0.25) is 0 Å². The Hall–Kier alpha value is -0.160. The van der Waals surface area contributed by atoms with E-state index in [0.29, 0.717) is 19.8 Å². The van der Waals surface area contributed by atoms with Crippen LogP contribution >= 0.6 is 0 Å². The van der Waals surface area contributed by atoms with Gasteiger partial charge >= 0.3 is 0 Å². The van der Waals surface area contributed by atoms with E-state index in [2.05, 4.69) is 0 Å². The molecule has 0 radical (unpaired) electrons. The lowest BCUT2D eigenvalue weighted by Gasteiger charge is -2.36. The van der Waals surface area contributed by atoms with Crippen molar-refractivity contribution in [2.45, 2.75) is 33.7 Å². The van der Waals surface area contributed by atoms with Crippen molar-refractivity contribution in [3.05, 3.63) is 0 Å². The third-order valence-corrected chi connectivity index (χ3v) is 1.91. The molecule has 4 nitrogen and oxygen atoms in total. The molecule has 0 aliphatic carbocycles. The maximum atomic E-state index is 9.11. The van der Waals surface area contributed by atoms with E-state index in [1.54, 1.807) is 0 Å². The summed E-state index contributed by atoms with van der Waals surface area (Å²) in [5, 5.41) is 9.11. The Labute approximate surface area is 86.2 Å². The largest absolute Gasteiger partial charge is 0.396 e. The van der Waals surface area contributed by atoms with Gasteiger partial charge in [0.05, 0.1) is 12.5 Å². The quantitative estimate of drug-likeness (QED) is 0.609. The lowest BCUT2D eigenvalue weighted by molar-refractivity contribution is -0.401. The Kier molecular flexibility index (Phi) is 7.09. The molecule has 0 aromatic rings. The summed E-state index contributed by atoms with van der Waals surface area (Å²) in [6.45, 7) is 8.89. The minimum atomic E-state index is -1.09. The molecule has 86 valence electrons. The first-order valence-corrected chi connectivity index (χ1v) is 5.19. The van der Waals surface area contributed by atoms with Gasteiger partial charge < -0.3 is 19.3 Å². The van der Waals surface area contributed by atoms with Gasteiger partial charge in [-0.2, -0.15) is 0 Å². The third-order valence-electron chi connectivity index (χ3n) is 1.91. The highest BCUT2D eigenvalue weighted by Crippen LogP contribution is 2.25. The minimum absolute atomic E-state index is 0.0278. The normalized spacial score (nSPS) is 14.4. The summed E-state index contributed by atoms with van der Waals surface area (Å²) >= 11 is 0. The number of aliphatic hydroxyl groups excluding tert-OH is 1.